The summed E-state index contributed by atoms with van der Waals surface area (Å²) in [5.74, 6) is 0.742. The Morgan fingerprint density at radius 1 is 1.50 bits per heavy atom. The number of anilines is 1. The smallest absolute Gasteiger partial charge is 0.101 e. The van der Waals surface area contributed by atoms with Crippen LogP contribution in [0, 0.1) is 17.2 Å². The Labute approximate surface area is 94.9 Å². The maximum atomic E-state index is 9.10. The van der Waals surface area contributed by atoms with Gasteiger partial charge in [0.2, 0.25) is 0 Å². The first-order valence-electron chi connectivity index (χ1n) is 5.71. The molecule has 2 fully saturated rings. The maximum Gasteiger partial charge on any atom is 0.101 e. The quantitative estimate of drug-likeness (QED) is 0.749. The van der Waals surface area contributed by atoms with Crippen LogP contribution in [0.1, 0.15) is 12.0 Å². The minimum atomic E-state index is 0.552. The van der Waals surface area contributed by atoms with E-state index < -0.39 is 0 Å². The molecule has 2 atom stereocenters. The van der Waals surface area contributed by atoms with Crippen LogP contribution in [0.4, 0.5) is 5.69 Å². The molecule has 1 aromatic rings. The SMILES string of the molecule is N#Cc1ccncc1N1CC[C@H]2CNC[C@H]21. The molecule has 0 amide bonds. The van der Waals surface area contributed by atoms with Crippen LogP contribution < -0.4 is 10.2 Å². The minimum absolute atomic E-state index is 0.552. The van der Waals surface area contributed by atoms with E-state index >= 15 is 0 Å². The average molecular weight is 214 g/mol. The highest BCUT2D eigenvalue weighted by Gasteiger charge is 2.38. The van der Waals surface area contributed by atoms with E-state index in [9.17, 15) is 0 Å². The highest BCUT2D eigenvalue weighted by Crippen LogP contribution is 2.32. The summed E-state index contributed by atoms with van der Waals surface area (Å²) >= 11 is 0. The number of pyridine rings is 1. The van der Waals surface area contributed by atoms with E-state index in [1.165, 1.54) is 6.42 Å². The standard InChI is InChI=1S/C12H14N4/c13-5-9-1-3-14-7-11(9)16-4-2-10-6-15-8-12(10)16/h1,3,7,10,12,15H,2,4,6,8H2/t10-,12+/m0/s1. The summed E-state index contributed by atoms with van der Waals surface area (Å²) in [5, 5.41) is 12.5. The molecule has 82 valence electrons. The van der Waals surface area contributed by atoms with E-state index in [1.807, 2.05) is 6.20 Å². The number of nitriles is 1. The number of hydrogen-bond acceptors (Lipinski definition) is 4. The summed E-state index contributed by atoms with van der Waals surface area (Å²) in [5.41, 5.74) is 1.74. The summed E-state index contributed by atoms with van der Waals surface area (Å²) in [4.78, 5) is 6.48. The molecule has 1 N–H and O–H groups in total. The number of nitrogens with one attached hydrogen (secondary N) is 1. The summed E-state index contributed by atoms with van der Waals surface area (Å²) in [6.07, 6.45) is 4.72. The molecule has 2 aliphatic rings. The number of fused-ring (bicyclic) bond motifs is 1. The second kappa shape index (κ2) is 3.76. The van der Waals surface area contributed by atoms with Crippen molar-refractivity contribution in [3.8, 4) is 6.07 Å². The van der Waals surface area contributed by atoms with Crippen LogP contribution in [0.25, 0.3) is 0 Å². The molecular weight excluding hydrogens is 200 g/mol. The van der Waals surface area contributed by atoms with E-state index in [4.69, 9.17) is 5.26 Å². The van der Waals surface area contributed by atoms with Crippen LogP contribution in [-0.4, -0.2) is 30.7 Å². The van der Waals surface area contributed by atoms with Crippen molar-refractivity contribution in [2.45, 2.75) is 12.5 Å². The van der Waals surface area contributed by atoms with Gasteiger partial charge in [-0.2, -0.15) is 5.26 Å². The van der Waals surface area contributed by atoms with E-state index in [2.05, 4.69) is 21.3 Å². The molecule has 0 bridgehead atoms. The lowest BCUT2D eigenvalue weighted by molar-refractivity contribution is 0.578. The Bertz CT molecular complexity index is 437. The Morgan fingerprint density at radius 2 is 2.44 bits per heavy atom. The summed E-state index contributed by atoms with van der Waals surface area (Å²) < 4.78 is 0. The predicted molar refractivity (Wildman–Crippen MR) is 61.1 cm³/mol. The minimum Gasteiger partial charge on any atom is -0.365 e. The molecule has 0 spiro atoms. The molecule has 0 unspecified atom stereocenters. The van der Waals surface area contributed by atoms with E-state index in [0.29, 0.717) is 6.04 Å². The average Bonchev–Trinajstić information content (AvgIpc) is 2.91. The van der Waals surface area contributed by atoms with Crippen LogP contribution in [-0.2, 0) is 0 Å². The van der Waals surface area contributed by atoms with Gasteiger partial charge in [0.05, 0.1) is 17.4 Å². The van der Waals surface area contributed by atoms with Gasteiger partial charge < -0.3 is 10.2 Å². The van der Waals surface area contributed by atoms with Gasteiger partial charge in [0, 0.05) is 31.9 Å². The Balaban J connectivity index is 1.95. The van der Waals surface area contributed by atoms with Crippen molar-refractivity contribution in [1.29, 1.82) is 5.26 Å². The van der Waals surface area contributed by atoms with Crippen molar-refractivity contribution >= 4 is 5.69 Å². The predicted octanol–water partition coefficient (Wildman–Crippen LogP) is 0.751. The zero-order valence-corrected chi connectivity index (χ0v) is 9.06. The van der Waals surface area contributed by atoms with Gasteiger partial charge in [0.15, 0.2) is 0 Å². The molecule has 3 heterocycles. The fraction of sp³-hybridized carbons (Fsp3) is 0.500. The van der Waals surface area contributed by atoms with Crippen molar-refractivity contribution in [2.24, 2.45) is 5.92 Å². The molecule has 1 aromatic heterocycles. The first-order valence-corrected chi connectivity index (χ1v) is 5.71. The Hall–Kier alpha value is -1.60. The fourth-order valence-electron chi connectivity index (χ4n) is 2.86. The fourth-order valence-corrected chi connectivity index (χ4v) is 2.86. The highest BCUT2D eigenvalue weighted by atomic mass is 15.2. The molecule has 0 aromatic carbocycles. The number of rotatable bonds is 1. The molecule has 16 heavy (non-hydrogen) atoms. The van der Waals surface area contributed by atoms with Crippen LogP contribution in [0.2, 0.25) is 0 Å². The summed E-state index contributed by atoms with van der Waals surface area (Å²) in [7, 11) is 0. The molecule has 0 aliphatic carbocycles. The third-order valence-electron chi connectivity index (χ3n) is 3.68. The van der Waals surface area contributed by atoms with Gasteiger partial charge in [-0.05, 0) is 18.4 Å². The Morgan fingerprint density at radius 3 is 3.31 bits per heavy atom. The topological polar surface area (TPSA) is 52.0 Å². The molecule has 4 heteroatoms. The van der Waals surface area contributed by atoms with Gasteiger partial charge in [-0.25, -0.2) is 0 Å². The first-order chi connectivity index (χ1) is 7.90. The van der Waals surface area contributed by atoms with Crippen LogP contribution >= 0.6 is 0 Å². The zero-order chi connectivity index (χ0) is 11.0. The number of aromatic nitrogens is 1. The third-order valence-corrected chi connectivity index (χ3v) is 3.68. The Kier molecular flexibility index (Phi) is 2.26. The monoisotopic (exact) mass is 214 g/mol. The summed E-state index contributed by atoms with van der Waals surface area (Å²) in [6, 6.07) is 4.60. The number of hydrogen-bond donors (Lipinski definition) is 1. The van der Waals surface area contributed by atoms with Crippen molar-refractivity contribution in [2.75, 3.05) is 24.5 Å². The van der Waals surface area contributed by atoms with Gasteiger partial charge in [-0.3, -0.25) is 4.98 Å². The molecule has 0 saturated carbocycles. The second-order valence-electron chi connectivity index (χ2n) is 4.47. The van der Waals surface area contributed by atoms with Crippen LogP contribution in [0.3, 0.4) is 0 Å². The summed E-state index contributed by atoms with van der Waals surface area (Å²) in [6.45, 7) is 3.20. The van der Waals surface area contributed by atoms with Gasteiger partial charge in [-0.15, -0.1) is 0 Å². The first kappa shape index (κ1) is 9.61. The zero-order valence-electron chi connectivity index (χ0n) is 9.06. The van der Waals surface area contributed by atoms with Gasteiger partial charge in [0.1, 0.15) is 6.07 Å². The van der Waals surface area contributed by atoms with Gasteiger partial charge in [0.25, 0.3) is 0 Å². The van der Waals surface area contributed by atoms with Crippen molar-refractivity contribution in [1.82, 2.24) is 10.3 Å². The molecule has 2 saturated heterocycles. The van der Waals surface area contributed by atoms with Crippen LogP contribution in [0.15, 0.2) is 18.5 Å². The molecule has 0 radical (unpaired) electrons. The second-order valence-corrected chi connectivity index (χ2v) is 4.47. The van der Waals surface area contributed by atoms with E-state index in [1.54, 1.807) is 12.3 Å². The lowest BCUT2D eigenvalue weighted by Crippen LogP contribution is -2.34. The van der Waals surface area contributed by atoms with E-state index in [-0.39, 0.29) is 0 Å². The van der Waals surface area contributed by atoms with Crippen molar-refractivity contribution in [3.05, 3.63) is 24.0 Å². The molecule has 2 aliphatic heterocycles. The van der Waals surface area contributed by atoms with Crippen LogP contribution in [0.5, 0.6) is 0 Å². The van der Waals surface area contributed by atoms with Crippen molar-refractivity contribution < 1.29 is 0 Å². The van der Waals surface area contributed by atoms with Crippen molar-refractivity contribution in [3.63, 3.8) is 0 Å². The molecular formula is C12H14N4. The normalized spacial score (nSPS) is 27.8. The lowest BCUT2D eigenvalue weighted by atomic mass is 10.0. The largest absolute Gasteiger partial charge is 0.365 e. The van der Waals surface area contributed by atoms with E-state index in [0.717, 1.165) is 36.8 Å². The van der Waals surface area contributed by atoms with Gasteiger partial charge in [-0.1, -0.05) is 0 Å². The lowest BCUT2D eigenvalue weighted by Gasteiger charge is -2.25. The maximum absolute atomic E-state index is 9.10. The number of nitrogens with zero attached hydrogens (tertiary/aromatic N) is 3. The van der Waals surface area contributed by atoms with Gasteiger partial charge >= 0.3 is 0 Å². The third kappa shape index (κ3) is 1.36. The molecule has 4 nitrogen and oxygen atoms in total. The highest BCUT2D eigenvalue weighted by molar-refractivity contribution is 5.59. The molecule has 3 rings (SSSR count).